The normalized spacial score (nSPS) is 27.3. The van der Waals surface area contributed by atoms with Crippen LogP contribution in [0.15, 0.2) is 58.9 Å². The van der Waals surface area contributed by atoms with Gasteiger partial charge < -0.3 is 16.4 Å². The lowest BCUT2D eigenvalue weighted by atomic mass is 9.65. The SMILES string of the molecule is CC=C(/N=C(NCC1C[C@H]2CCC[C@@H](C1)[C@@H]2N)\C(C#N)=C/C)NCc1ccccc1. The second kappa shape index (κ2) is 11.0. The molecule has 5 nitrogen and oxygen atoms in total. The summed E-state index contributed by atoms with van der Waals surface area (Å²) in [5, 5.41) is 16.5. The van der Waals surface area contributed by atoms with Gasteiger partial charge >= 0.3 is 0 Å². The summed E-state index contributed by atoms with van der Waals surface area (Å²) in [6.45, 7) is 5.37. The van der Waals surface area contributed by atoms with E-state index in [1.54, 1.807) is 0 Å². The van der Waals surface area contributed by atoms with Gasteiger partial charge in [0.05, 0.1) is 5.57 Å². The first kappa shape index (κ1) is 22.1. The Morgan fingerprint density at radius 3 is 2.43 bits per heavy atom. The molecular formula is C25H35N5. The van der Waals surface area contributed by atoms with Crippen molar-refractivity contribution in [2.24, 2.45) is 28.5 Å². The van der Waals surface area contributed by atoms with Crippen LogP contribution in [0.3, 0.4) is 0 Å². The number of aliphatic imine (C=N–C) groups is 1. The van der Waals surface area contributed by atoms with Crippen LogP contribution in [0, 0.1) is 29.1 Å². The molecule has 2 aliphatic rings. The van der Waals surface area contributed by atoms with E-state index >= 15 is 0 Å². The molecule has 1 aromatic carbocycles. The number of amidine groups is 1. The van der Waals surface area contributed by atoms with Gasteiger partial charge in [-0.25, -0.2) is 4.99 Å². The van der Waals surface area contributed by atoms with Crippen molar-refractivity contribution in [3.05, 3.63) is 59.4 Å². The van der Waals surface area contributed by atoms with Crippen molar-refractivity contribution < 1.29 is 0 Å². The highest BCUT2D eigenvalue weighted by Crippen LogP contribution is 2.41. The van der Waals surface area contributed by atoms with Crippen molar-refractivity contribution in [2.45, 2.75) is 58.5 Å². The highest BCUT2D eigenvalue weighted by molar-refractivity contribution is 6.02. The second-order valence-electron chi connectivity index (χ2n) is 8.53. The van der Waals surface area contributed by atoms with E-state index in [-0.39, 0.29) is 0 Å². The van der Waals surface area contributed by atoms with Gasteiger partial charge in [0.1, 0.15) is 17.7 Å². The first-order valence-corrected chi connectivity index (χ1v) is 11.2. The number of allylic oxidation sites excluding steroid dienone is 2. The largest absolute Gasteiger partial charge is 0.369 e. The average molecular weight is 406 g/mol. The van der Waals surface area contributed by atoms with Gasteiger partial charge in [0.2, 0.25) is 0 Å². The Morgan fingerprint density at radius 2 is 1.83 bits per heavy atom. The topological polar surface area (TPSA) is 86.2 Å². The molecule has 160 valence electrons. The van der Waals surface area contributed by atoms with E-state index < -0.39 is 0 Å². The quantitative estimate of drug-likeness (QED) is 0.360. The molecule has 1 aromatic rings. The number of benzene rings is 1. The summed E-state index contributed by atoms with van der Waals surface area (Å²) in [5.41, 5.74) is 8.21. The zero-order chi connectivity index (χ0) is 21.3. The van der Waals surface area contributed by atoms with E-state index in [2.05, 4.69) is 28.8 Å². The van der Waals surface area contributed by atoms with Gasteiger partial charge in [0.25, 0.3) is 0 Å². The number of hydrogen-bond donors (Lipinski definition) is 3. The summed E-state index contributed by atoms with van der Waals surface area (Å²) in [5.74, 6) is 3.31. The zero-order valence-electron chi connectivity index (χ0n) is 18.3. The molecule has 0 spiro atoms. The van der Waals surface area contributed by atoms with Crippen molar-refractivity contribution in [3.8, 4) is 6.07 Å². The van der Waals surface area contributed by atoms with E-state index in [4.69, 9.17) is 10.7 Å². The Balaban J connectivity index is 1.65. The predicted octanol–water partition coefficient (Wildman–Crippen LogP) is 4.25. The molecule has 0 radical (unpaired) electrons. The summed E-state index contributed by atoms with van der Waals surface area (Å²) < 4.78 is 0. The maximum absolute atomic E-state index is 9.60. The molecule has 0 aromatic heterocycles. The molecule has 2 aliphatic carbocycles. The molecule has 2 saturated carbocycles. The number of nitrogens with zero attached hydrogens (tertiary/aromatic N) is 2. The van der Waals surface area contributed by atoms with Gasteiger partial charge in [-0.15, -0.1) is 0 Å². The molecule has 0 amide bonds. The maximum atomic E-state index is 9.60. The Labute approximate surface area is 181 Å². The van der Waals surface area contributed by atoms with Crippen LogP contribution in [0.1, 0.15) is 51.5 Å². The van der Waals surface area contributed by atoms with Crippen molar-refractivity contribution in [3.63, 3.8) is 0 Å². The average Bonchev–Trinajstić information content (AvgIpc) is 2.76. The lowest BCUT2D eigenvalue weighted by molar-refractivity contribution is 0.108. The number of fused-ring (bicyclic) bond motifs is 2. The summed E-state index contributed by atoms with van der Waals surface area (Å²) in [4.78, 5) is 4.76. The molecule has 4 atom stereocenters. The monoisotopic (exact) mass is 405 g/mol. The van der Waals surface area contributed by atoms with Crippen molar-refractivity contribution in [1.29, 1.82) is 5.26 Å². The molecule has 30 heavy (non-hydrogen) atoms. The molecule has 5 heteroatoms. The third-order valence-corrected chi connectivity index (χ3v) is 6.56. The van der Waals surface area contributed by atoms with Gasteiger partial charge in [0, 0.05) is 19.1 Å². The number of rotatable bonds is 7. The minimum atomic E-state index is 0.380. The first-order valence-electron chi connectivity index (χ1n) is 11.2. The van der Waals surface area contributed by atoms with Gasteiger partial charge in [-0.1, -0.05) is 42.8 Å². The van der Waals surface area contributed by atoms with Gasteiger partial charge in [-0.05, 0) is 68.9 Å². The van der Waals surface area contributed by atoms with E-state index in [0.717, 1.165) is 12.4 Å². The van der Waals surface area contributed by atoms with E-state index in [9.17, 15) is 5.26 Å². The zero-order valence-corrected chi connectivity index (χ0v) is 18.3. The van der Waals surface area contributed by atoms with Crippen LogP contribution in [0.4, 0.5) is 0 Å². The molecule has 0 heterocycles. The van der Waals surface area contributed by atoms with E-state index in [0.29, 0.717) is 41.7 Å². The molecule has 0 aliphatic heterocycles. The molecule has 4 N–H and O–H groups in total. The Kier molecular flexibility index (Phi) is 8.10. The minimum absolute atomic E-state index is 0.380. The maximum Gasteiger partial charge on any atom is 0.146 e. The predicted molar refractivity (Wildman–Crippen MR) is 123 cm³/mol. The third-order valence-electron chi connectivity index (χ3n) is 6.56. The van der Waals surface area contributed by atoms with Crippen molar-refractivity contribution in [1.82, 2.24) is 10.6 Å². The van der Waals surface area contributed by atoms with Crippen LogP contribution in [0.25, 0.3) is 0 Å². The fraction of sp³-hybridized carbons (Fsp3) is 0.520. The number of nitrogens with two attached hydrogens (primary N) is 1. The molecule has 0 saturated heterocycles. The number of nitrogens with one attached hydrogen (secondary N) is 2. The summed E-state index contributed by atoms with van der Waals surface area (Å²) in [7, 11) is 0. The molecular weight excluding hydrogens is 370 g/mol. The highest BCUT2D eigenvalue weighted by atomic mass is 15.1. The van der Waals surface area contributed by atoms with Crippen molar-refractivity contribution in [2.75, 3.05) is 6.54 Å². The lowest BCUT2D eigenvalue weighted by Gasteiger charge is -2.44. The molecule has 3 rings (SSSR count). The van der Waals surface area contributed by atoms with Crippen molar-refractivity contribution >= 4 is 5.84 Å². The minimum Gasteiger partial charge on any atom is -0.369 e. The molecule has 2 fully saturated rings. The second-order valence-corrected chi connectivity index (χ2v) is 8.53. The van der Waals surface area contributed by atoms with E-state index in [1.807, 2.05) is 44.2 Å². The highest BCUT2D eigenvalue weighted by Gasteiger charge is 2.37. The fourth-order valence-corrected chi connectivity index (χ4v) is 4.89. The van der Waals surface area contributed by atoms with Crippen LogP contribution in [0.2, 0.25) is 0 Å². The molecule has 2 bridgehead atoms. The van der Waals surface area contributed by atoms with Crippen LogP contribution in [-0.2, 0) is 6.54 Å². The van der Waals surface area contributed by atoms with Gasteiger partial charge in [-0.2, -0.15) is 5.26 Å². The Hall–Kier alpha value is -2.58. The summed E-state index contributed by atoms with van der Waals surface area (Å²) >= 11 is 0. The van der Waals surface area contributed by atoms with E-state index in [1.165, 1.54) is 37.7 Å². The number of hydrogen-bond acceptors (Lipinski definition) is 4. The van der Waals surface area contributed by atoms with Crippen LogP contribution in [0.5, 0.6) is 0 Å². The summed E-state index contributed by atoms with van der Waals surface area (Å²) in [6, 6.07) is 12.9. The fourth-order valence-electron chi connectivity index (χ4n) is 4.89. The first-order chi connectivity index (χ1) is 14.6. The summed E-state index contributed by atoms with van der Waals surface area (Å²) in [6.07, 6.45) is 9.97. The van der Waals surface area contributed by atoms with Gasteiger partial charge in [0.15, 0.2) is 0 Å². The van der Waals surface area contributed by atoms with Crippen LogP contribution in [-0.4, -0.2) is 18.4 Å². The van der Waals surface area contributed by atoms with Crippen LogP contribution >= 0.6 is 0 Å². The van der Waals surface area contributed by atoms with Gasteiger partial charge in [-0.3, -0.25) is 0 Å². The third kappa shape index (κ3) is 5.73. The molecule has 1 unspecified atom stereocenters. The lowest BCUT2D eigenvalue weighted by Crippen LogP contribution is -2.48. The Morgan fingerprint density at radius 1 is 1.13 bits per heavy atom. The Bertz CT molecular complexity index is 804. The smallest absolute Gasteiger partial charge is 0.146 e. The standard InChI is InChI=1S/C25H35N5/c1-3-20(15-26)25(30-23(4-2)28-16-18-9-6-5-7-10-18)29-17-19-13-21-11-8-12-22(14-19)24(21)27/h3-7,9-10,19,21-22,24,28H,8,11-14,16-17,27H2,1-2H3,(H,29,30)/b20-3-,23-4?/t19?,21-,22+,24-. The number of nitriles is 1. The van der Waals surface area contributed by atoms with Crippen LogP contribution < -0.4 is 16.4 Å².